The van der Waals surface area contributed by atoms with Gasteiger partial charge in [-0.25, -0.2) is 4.39 Å². The molecule has 9 heteroatoms. The highest BCUT2D eigenvalue weighted by Gasteiger charge is 2.49. The molecule has 2 aromatic rings. The number of halogens is 1. The fraction of sp³-hybridized carbons (Fsp3) is 0.560. The third-order valence-electron chi connectivity index (χ3n) is 7.03. The quantitative estimate of drug-likeness (QED) is 0.630. The number of carbonyl (C=O) groups excluding carboxylic acids is 3. The van der Waals surface area contributed by atoms with Gasteiger partial charge in [-0.2, -0.15) is 0 Å². The molecule has 0 spiro atoms. The first-order valence-corrected chi connectivity index (χ1v) is 12.0. The Hall–Kier alpha value is -2.94. The molecule has 1 saturated carbocycles. The Kier molecular flexibility index (Phi) is 6.93. The molecule has 8 nitrogen and oxygen atoms in total. The number of anilines is 1. The van der Waals surface area contributed by atoms with Crippen LogP contribution in [0.15, 0.2) is 18.2 Å². The van der Waals surface area contributed by atoms with Crippen LogP contribution in [0.25, 0.3) is 10.9 Å². The Balaban J connectivity index is 1.79. The number of methoxy groups -OCH3 is 1. The number of ether oxygens (including phenoxy) is 1. The summed E-state index contributed by atoms with van der Waals surface area (Å²) in [6.45, 7) is 3.75. The Bertz CT molecular complexity index is 1110. The molecular formula is C25H33FN4O4. The SMILES string of the molecule is COCCN1C(=O)c2c(NC(C)=O)c3cc(F)ccc3n2C[C@]1(C)C(=O)NC1CCCCCC1. The molecule has 1 fully saturated rings. The molecule has 1 atom stereocenters. The van der Waals surface area contributed by atoms with E-state index in [9.17, 15) is 18.8 Å². The van der Waals surface area contributed by atoms with Gasteiger partial charge in [0.05, 0.1) is 24.4 Å². The third kappa shape index (κ3) is 4.41. The second-order valence-corrected chi connectivity index (χ2v) is 9.54. The van der Waals surface area contributed by atoms with Crippen LogP contribution in [0.5, 0.6) is 0 Å². The van der Waals surface area contributed by atoms with E-state index in [0.717, 1.165) is 25.7 Å². The van der Waals surface area contributed by atoms with E-state index in [4.69, 9.17) is 4.74 Å². The summed E-state index contributed by atoms with van der Waals surface area (Å²) in [7, 11) is 1.54. The average Bonchev–Trinajstić information content (AvgIpc) is 2.93. The van der Waals surface area contributed by atoms with E-state index in [1.807, 2.05) is 0 Å². The largest absolute Gasteiger partial charge is 0.383 e. The first-order valence-electron chi connectivity index (χ1n) is 12.0. The number of hydrogen-bond donors (Lipinski definition) is 2. The molecule has 2 heterocycles. The number of nitrogens with one attached hydrogen (secondary N) is 2. The van der Waals surface area contributed by atoms with E-state index < -0.39 is 17.3 Å². The van der Waals surface area contributed by atoms with Gasteiger partial charge in [-0.05, 0) is 38.0 Å². The van der Waals surface area contributed by atoms with E-state index in [1.54, 1.807) is 24.7 Å². The molecule has 2 N–H and O–H groups in total. The molecule has 184 valence electrons. The molecule has 1 aromatic carbocycles. The van der Waals surface area contributed by atoms with Crippen LogP contribution in [0.2, 0.25) is 0 Å². The molecule has 34 heavy (non-hydrogen) atoms. The first kappa shape index (κ1) is 24.2. The minimum Gasteiger partial charge on any atom is -0.383 e. The van der Waals surface area contributed by atoms with E-state index >= 15 is 0 Å². The molecule has 1 aliphatic carbocycles. The summed E-state index contributed by atoms with van der Waals surface area (Å²) in [4.78, 5) is 41.1. The van der Waals surface area contributed by atoms with E-state index in [1.165, 1.54) is 36.8 Å². The lowest BCUT2D eigenvalue weighted by Crippen LogP contribution is -2.65. The van der Waals surface area contributed by atoms with Crippen molar-refractivity contribution in [3.05, 3.63) is 29.7 Å². The van der Waals surface area contributed by atoms with Crippen LogP contribution in [0.3, 0.4) is 0 Å². The Morgan fingerprint density at radius 2 is 1.91 bits per heavy atom. The van der Waals surface area contributed by atoms with Crippen LogP contribution in [-0.4, -0.2) is 59.0 Å². The maximum atomic E-state index is 14.1. The molecule has 1 aromatic heterocycles. The lowest BCUT2D eigenvalue weighted by Gasteiger charge is -2.44. The fourth-order valence-electron chi connectivity index (χ4n) is 5.25. The van der Waals surface area contributed by atoms with Gasteiger partial charge in [-0.3, -0.25) is 14.4 Å². The highest BCUT2D eigenvalue weighted by Crippen LogP contribution is 2.39. The summed E-state index contributed by atoms with van der Waals surface area (Å²) < 4.78 is 21.1. The molecule has 0 unspecified atom stereocenters. The van der Waals surface area contributed by atoms with Crippen molar-refractivity contribution in [1.29, 1.82) is 0 Å². The Morgan fingerprint density at radius 3 is 2.56 bits per heavy atom. The first-order chi connectivity index (χ1) is 16.3. The van der Waals surface area contributed by atoms with Gasteiger partial charge >= 0.3 is 0 Å². The standard InChI is InChI=1S/C25H33FN4O4/c1-16(31)27-21-19-14-17(26)10-11-20(19)29-15-25(2,30(12-13-34-3)23(32)22(21)29)24(33)28-18-8-6-4-5-7-9-18/h10-11,14,18H,4-9,12-13,15H2,1-3H3,(H,27,31)(H,28,33)/t25-/m1/s1. The van der Waals surface area contributed by atoms with Crippen LogP contribution < -0.4 is 10.6 Å². The maximum Gasteiger partial charge on any atom is 0.273 e. The minimum atomic E-state index is -1.18. The van der Waals surface area contributed by atoms with E-state index in [0.29, 0.717) is 10.9 Å². The molecule has 1 aliphatic heterocycles. The minimum absolute atomic E-state index is 0.0815. The highest BCUT2D eigenvalue weighted by atomic mass is 19.1. The predicted molar refractivity (Wildman–Crippen MR) is 127 cm³/mol. The Morgan fingerprint density at radius 1 is 1.21 bits per heavy atom. The van der Waals surface area contributed by atoms with Crippen LogP contribution in [0.1, 0.15) is 62.9 Å². The lowest BCUT2D eigenvalue weighted by molar-refractivity contribution is -0.134. The molecule has 3 amide bonds. The van der Waals surface area contributed by atoms with Crippen molar-refractivity contribution in [2.75, 3.05) is 25.6 Å². The van der Waals surface area contributed by atoms with E-state index in [-0.39, 0.29) is 48.9 Å². The van der Waals surface area contributed by atoms with Crippen molar-refractivity contribution >= 4 is 34.3 Å². The summed E-state index contributed by atoms with van der Waals surface area (Å²) in [6.07, 6.45) is 6.35. The third-order valence-corrected chi connectivity index (χ3v) is 7.03. The van der Waals surface area contributed by atoms with Gasteiger partial charge < -0.3 is 24.8 Å². The van der Waals surface area contributed by atoms with Crippen LogP contribution in [0.4, 0.5) is 10.1 Å². The molecule has 0 bridgehead atoms. The van der Waals surface area contributed by atoms with Crippen molar-refractivity contribution in [3.8, 4) is 0 Å². The zero-order chi connectivity index (χ0) is 24.5. The number of benzene rings is 1. The highest BCUT2D eigenvalue weighted by molar-refractivity contribution is 6.14. The molecule has 0 radical (unpaired) electrons. The molecule has 0 saturated heterocycles. The summed E-state index contributed by atoms with van der Waals surface area (Å²) in [5.74, 6) is -1.45. The summed E-state index contributed by atoms with van der Waals surface area (Å²) in [5.41, 5.74) is -0.0800. The van der Waals surface area contributed by atoms with Gasteiger partial charge in [0.15, 0.2) is 0 Å². The lowest BCUT2D eigenvalue weighted by atomic mass is 9.93. The predicted octanol–water partition coefficient (Wildman–Crippen LogP) is 3.44. The monoisotopic (exact) mass is 472 g/mol. The van der Waals surface area contributed by atoms with Gasteiger partial charge in [0.1, 0.15) is 17.1 Å². The van der Waals surface area contributed by atoms with Crippen molar-refractivity contribution in [2.45, 2.75) is 70.5 Å². The summed E-state index contributed by atoms with van der Waals surface area (Å²) >= 11 is 0. The normalized spacial score (nSPS) is 21.3. The number of aromatic nitrogens is 1. The van der Waals surface area contributed by atoms with Gasteiger partial charge in [0.2, 0.25) is 11.8 Å². The van der Waals surface area contributed by atoms with Crippen molar-refractivity contribution in [1.82, 2.24) is 14.8 Å². The van der Waals surface area contributed by atoms with Gasteiger partial charge in [-0.1, -0.05) is 25.7 Å². The van der Waals surface area contributed by atoms with Gasteiger partial charge in [-0.15, -0.1) is 0 Å². The van der Waals surface area contributed by atoms with Crippen molar-refractivity contribution in [3.63, 3.8) is 0 Å². The van der Waals surface area contributed by atoms with Crippen LogP contribution in [-0.2, 0) is 20.9 Å². The van der Waals surface area contributed by atoms with E-state index in [2.05, 4.69) is 10.6 Å². The molecule has 4 rings (SSSR count). The average molecular weight is 473 g/mol. The number of hydrogen-bond acceptors (Lipinski definition) is 4. The number of fused-ring (bicyclic) bond motifs is 3. The molecule has 2 aliphatic rings. The fourth-order valence-corrected chi connectivity index (χ4v) is 5.25. The van der Waals surface area contributed by atoms with Crippen LogP contribution >= 0.6 is 0 Å². The number of amides is 3. The Labute approximate surface area is 198 Å². The number of nitrogens with zero attached hydrogens (tertiary/aromatic N) is 2. The topological polar surface area (TPSA) is 92.7 Å². The summed E-state index contributed by atoms with van der Waals surface area (Å²) in [5, 5.41) is 6.35. The second-order valence-electron chi connectivity index (χ2n) is 9.54. The number of rotatable bonds is 6. The van der Waals surface area contributed by atoms with Crippen LogP contribution in [0, 0.1) is 5.82 Å². The van der Waals surface area contributed by atoms with Gasteiger partial charge in [0, 0.05) is 32.0 Å². The van der Waals surface area contributed by atoms with Crippen molar-refractivity contribution < 1.29 is 23.5 Å². The van der Waals surface area contributed by atoms with Gasteiger partial charge in [0.25, 0.3) is 5.91 Å². The molecular weight excluding hydrogens is 439 g/mol. The second kappa shape index (κ2) is 9.74. The number of carbonyl (C=O) groups is 3. The zero-order valence-electron chi connectivity index (χ0n) is 20.1. The van der Waals surface area contributed by atoms with Crippen molar-refractivity contribution in [2.24, 2.45) is 0 Å². The zero-order valence-corrected chi connectivity index (χ0v) is 20.1. The summed E-state index contributed by atoms with van der Waals surface area (Å²) in [6, 6.07) is 4.29. The maximum absolute atomic E-state index is 14.1. The smallest absolute Gasteiger partial charge is 0.273 e.